The van der Waals surface area contributed by atoms with E-state index in [4.69, 9.17) is 20.4 Å². The molecule has 0 aromatic heterocycles. The number of aliphatic carboxylic acids is 4. The van der Waals surface area contributed by atoms with Gasteiger partial charge in [-0.15, -0.1) is 0 Å². The molecule has 5 N–H and O–H groups in total. The second kappa shape index (κ2) is 10.3. The van der Waals surface area contributed by atoms with Crippen molar-refractivity contribution in [1.82, 2.24) is 0 Å². The van der Waals surface area contributed by atoms with E-state index in [2.05, 4.69) is 0 Å². The fraction of sp³-hybridized carbons (Fsp3) is 0.643. The van der Waals surface area contributed by atoms with Crippen LogP contribution in [-0.4, -0.2) is 61.8 Å². The molecule has 0 aromatic carbocycles. The Morgan fingerprint density at radius 2 is 1.21 bits per heavy atom. The minimum absolute atomic E-state index is 0.223. The summed E-state index contributed by atoms with van der Waals surface area (Å²) >= 11 is 0. The normalized spacial score (nSPS) is 15.7. The Hall–Kier alpha value is -2.49. The van der Waals surface area contributed by atoms with Gasteiger partial charge in [-0.05, 0) is 18.3 Å². The zero-order valence-corrected chi connectivity index (χ0v) is 12.7. The molecule has 136 valence electrons. The maximum atomic E-state index is 11.2. The minimum Gasteiger partial charge on any atom is -0.481 e. The highest BCUT2D eigenvalue weighted by Crippen LogP contribution is 2.33. The highest BCUT2D eigenvalue weighted by atomic mass is 16.4. The number of aliphatic hydroxyl groups excluding tert-OH is 1. The number of aldehydes is 1. The molecule has 0 saturated carbocycles. The molecule has 10 nitrogen and oxygen atoms in total. The van der Waals surface area contributed by atoms with Gasteiger partial charge in [-0.25, -0.2) is 0 Å². The molecule has 4 unspecified atom stereocenters. The van der Waals surface area contributed by atoms with E-state index < -0.39 is 73.4 Å². The van der Waals surface area contributed by atoms with Crippen molar-refractivity contribution in [2.45, 2.75) is 38.2 Å². The van der Waals surface area contributed by atoms with Gasteiger partial charge < -0.3 is 30.3 Å². The molecule has 24 heavy (non-hydrogen) atoms. The van der Waals surface area contributed by atoms with Gasteiger partial charge in [0, 0.05) is 18.8 Å². The summed E-state index contributed by atoms with van der Waals surface area (Å²) in [4.78, 5) is 54.6. The largest absolute Gasteiger partial charge is 0.481 e. The van der Waals surface area contributed by atoms with Crippen molar-refractivity contribution in [2.75, 3.05) is 0 Å². The van der Waals surface area contributed by atoms with Crippen molar-refractivity contribution < 1.29 is 49.5 Å². The van der Waals surface area contributed by atoms with Crippen molar-refractivity contribution in [3.8, 4) is 0 Å². The molecule has 4 atom stereocenters. The average Bonchev–Trinajstić information content (AvgIpc) is 2.45. The van der Waals surface area contributed by atoms with Crippen molar-refractivity contribution in [1.29, 1.82) is 0 Å². The number of carboxylic acid groups (broad SMARTS) is 4. The third-order valence-electron chi connectivity index (χ3n) is 3.65. The third-order valence-corrected chi connectivity index (χ3v) is 3.65. The summed E-state index contributed by atoms with van der Waals surface area (Å²) in [6.07, 6.45) is -4.27. The van der Waals surface area contributed by atoms with Gasteiger partial charge in [0.2, 0.25) is 0 Å². The number of carboxylic acids is 4. The predicted octanol–water partition coefficient (Wildman–Crippen LogP) is -0.316. The number of hydrogen-bond acceptors (Lipinski definition) is 6. The number of aliphatic hydroxyl groups is 1. The molecule has 0 aromatic rings. The fourth-order valence-electron chi connectivity index (χ4n) is 2.58. The first-order valence-corrected chi connectivity index (χ1v) is 7.09. The van der Waals surface area contributed by atoms with Crippen LogP contribution in [-0.2, 0) is 24.0 Å². The molecule has 0 aliphatic heterocycles. The van der Waals surface area contributed by atoms with Gasteiger partial charge in [0.15, 0.2) is 0 Å². The number of rotatable bonds is 13. The number of hydrogen-bond donors (Lipinski definition) is 5. The van der Waals surface area contributed by atoms with E-state index in [1.807, 2.05) is 0 Å². The number of carbonyl (C=O) groups is 5. The molecular weight excluding hydrogens is 328 g/mol. The lowest BCUT2D eigenvalue weighted by Gasteiger charge is -2.32. The van der Waals surface area contributed by atoms with E-state index in [0.717, 1.165) is 0 Å². The van der Waals surface area contributed by atoms with Gasteiger partial charge in [0.25, 0.3) is 0 Å². The molecule has 0 radical (unpaired) electrons. The first-order valence-electron chi connectivity index (χ1n) is 7.09. The van der Waals surface area contributed by atoms with Crippen LogP contribution in [0.25, 0.3) is 0 Å². The van der Waals surface area contributed by atoms with E-state index in [-0.39, 0.29) is 12.7 Å². The van der Waals surface area contributed by atoms with Crippen LogP contribution in [0.4, 0.5) is 0 Å². The second-order valence-corrected chi connectivity index (χ2v) is 5.42. The summed E-state index contributed by atoms with van der Waals surface area (Å²) < 4.78 is 0. The Morgan fingerprint density at radius 1 is 0.750 bits per heavy atom. The zero-order valence-electron chi connectivity index (χ0n) is 12.7. The summed E-state index contributed by atoms with van der Waals surface area (Å²) in [5.74, 6) is -9.24. The monoisotopic (exact) mass is 348 g/mol. The third kappa shape index (κ3) is 8.22. The van der Waals surface area contributed by atoms with Crippen molar-refractivity contribution in [3.05, 3.63) is 0 Å². The Morgan fingerprint density at radius 3 is 1.58 bits per heavy atom. The quantitative estimate of drug-likeness (QED) is 0.276. The molecule has 10 heteroatoms. The minimum atomic E-state index is -1.50. The van der Waals surface area contributed by atoms with Crippen LogP contribution < -0.4 is 0 Å². The van der Waals surface area contributed by atoms with Crippen molar-refractivity contribution in [3.63, 3.8) is 0 Å². The van der Waals surface area contributed by atoms with E-state index in [9.17, 15) is 29.1 Å². The van der Waals surface area contributed by atoms with E-state index >= 15 is 0 Å². The Balaban J connectivity index is 5.55. The molecule has 0 bridgehead atoms. The van der Waals surface area contributed by atoms with Crippen LogP contribution in [0.5, 0.6) is 0 Å². The van der Waals surface area contributed by atoms with E-state index in [0.29, 0.717) is 0 Å². The highest BCUT2D eigenvalue weighted by molar-refractivity contribution is 5.74. The zero-order chi connectivity index (χ0) is 18.9. The Kier molecular flexibility index (Phi) is 9.25. The summed E-state index contributed by atoms with van der Waals surface area (Å²) in [5, 5.41) is 45.4. The lowest BCUT2D eigenvalue weighted by molar-refractivity contribution is -0.147. The lowest BCUT2D eigenvalue weighted by Crippen LogP contribution is -2.37. The van der Waals surface area contributed by atoms with Gasteiger partial charge >= 0.3 is 23.9 Å². The first-order chi connectivity index (χ1) is 11.1. The molecular formula is C14H20O10. The standard InChI is InChI=1S/C14H20O10/c15-6-7(3-12(19)20)8(4-13(21)22)9(5-14(23)24)10(16)1-2-11(17)18/h6-10,16H,1-5H2,(H,17,18)(H,19,20)(H,21,22)(H,23,24). The molecule has 0 amide bonds. The molecule has 0 rings (SSSR count). The summed E-state index contributed by atoms with van der Waals surface area (Å²) in [5.41, 5.74) is 0. The van der Waals surface area contributed by atoms with Gasteiger partial charge in [-0.3, -0.25) is 19.2 Å². The first kappa shape index (κ1) is 21.5. The Labute approximate surface area is 136 Å². The van der Waals surface area contributed by atoms with Crippen LogP contribution in [0.2, 0.25) is 0 Å². The maximum Gasteiger partial charge on any atom is 0.304 e. The summed E-state index contributed by atoms with van der Waals surface area (Å²) in [7, 11) is 0. The fourth-order valence-corrected chi connectivity index (χ4v) is 2.58. The van der Waals surface area contributed by atoms with Gasteiger partial charge in [-0.1, -0.05) is 0 Å². The van der Waals surface area contributed by atoms with Crippen LogP contribution in [0.3, 0.4) is 0 Å². The number of carbonyl (C=O) groups excluding carboxylic acids is 1. The van der Waals surface area contributed by atoms with Crippen LogP contribution >= 0.6 is 0 Å². The SMILES string of the molecule is O=CC(CC(=O)O)C(CC(=O)O)C(CC(=O)O)C(O)CCC(=O)O. The second-order valence-electron chi connectivity index (χ2n) is 5.42. The van der Waals surface area contributed by atoms with Gasteiger partial charge in [-0.2, -0.15) is 0 Å². The molecule has 0 saturated heterocycles. The predicted molar refractivity (Wildman–Crippen MR) is 76.2 cm³/mol. The van der Waals surface area contributed by atoms with Crippen LogP contribution in [0.15, 0.2) is 0 Å². The van der Waals surface area contributed by atoms with Gasteiger partial charge in [0.05, 0.1) is 18.9 Å². The van der Waals surface area contributed by atoms with E-state index in [1.54, 1.807) is 0 Å². The lowest BCUT2D eigenvalue weighted by atomic mass is 9.73. The molecule has 0 fully saturated rings. The molecule has 0 heterocycles. The summed E-state index contributed by atoms with van der Waals surface area (Å²) in [6, 6.07) is 0. The van der Waals surface area contributed by atoms with Crippen LogP contribution in [0.1, 0.15) is 32.1 Å². The van der Waals surface area contributed by atoms with Crippen LogP contribution in [0, 0.1) is 17.8 Å². The Bertz CT molecular complexity index is 486. The summed E-state index contributed by atoms with van der Waals surface area (Å²) in [6.45, 7) is 0. The molecule has 0 aliphatic rings. The van der Waals surface area contributed by atoms with Gasteiger partial charge in [0.1, 0.15) is 6.29 Å². The average molecular weight is 348 g/mol. The van der Waals surface area contributed by atoms with Crippen molar-refractivity contribution in [2.24, 2.45) is 17.8 Å². The topological polar surface area (TPSA) is 186 Å². The maximum absolute atomic E-state index is 11.2. The molecule has 0 spiro atoms. The molecule has 0 aliphatic carbocycles. The smallest absolute Gasteiger partial charge is 0.304 e. The van der Waals surface area contributed by atoms with E-state index in [1.165, 1.54) is 0 Å². The highest BCUT2D eigenvalue weighted by Gasteiger charge is 2.37. The van der Waals surface area contributed by atoms with Crippen molar-refractivity contribution >= 4 is 30.2 Å².